The van der Waals surface area contributed by atoms with Crippen molar-refractivity contribution >= 4 is 34.8 Å². The first-order valence-corrected chi connectivity index (χ1v) is 9.90. The van der Waals surface area contributed by atoms with E-state index < -0.39 is 8.07 Å². The van der Waals surface area contributed by atoms with Crippen molar-refractivity contribution in [3.63, 3.8) is 0 Å². The van der Waals surface area contributed by atoms with Crippen LogP contribution in [0.2, 0.25) is 19.6 Å². The van der Waals surface area contributed by atoms with Crippen LogP contribution in [0.3, 0.4) is 0 Å². The molecule has 3 rings (SSSR count). The summed E-state index contributed by atoms with van der Waals surface area (Å²) in [6, 6.07) is 20.8. The van der Waals surface area contributed by atoms with Gasteiger partial charge in [0.15, 0.2) is 0 Å². The Morgan fingerprint density at radius 2 is 1.16 bits per heavy atom. The Labute approximate surface area is 128 Å². The fourth-order valence-corrected chi connectivity index (χ4v) is 4.77. The van der Waals surface area contributed by atoms with E-state index in [1.807, 2.05) is 0 Å². The second-order valence-corrected chi connectivity index (χ2v) is 10.8. The summed E-state index contributed by atoms with van der Waals surface area (Å²) in [5, 5.41) is 6.82. The Kier molecular flexibility index (Phi) is 3.92. The van der Waals surface area contributed by atoms with Gasteiger partial charge in [0.25, 0.3) is 0 Å². The number of benzene rings is 3. The first kappa shape index (κ1) is 14.4. The van der Waals surface area contributed by atoms with Crippen molar-refractivity contribution in [1.29, 1.82) is 0 Å². The molecule has 0 amide bonds. The molecule has 0 saturated carbocycles. The van der Waals surface area contributed by atoms with Crippen LogP contribution in [0.5, 0.6) is 0 Å². The monoisotopic (exact) mass is 256 g/mol. The van der Waals surface area contributed by atoms with Crippen molar-refractivity contribution in [2.75, 3.05) is 0 Å². The molecule has 0 aliphatic carbocycles. The van der Waals surface area contributed by atoms with Crippen LogP contribution in [0, 0.1) is 6.07 Å². The second-order valence-electron chi connectivity index (χ2n) is 5.84. The van der Waals surface area contributed by atoms with Crippen molar-refractivity contribution in [3.8, 4) is 0 Å². The minimum Gasteiger partial charge on any atom is -0.118 e. The van der Waals surface area contributed by atoms with Gasteiger partial charge in [0, 0.05) is 0 Å². The zero-order chi connectivity index (χ0) is 12.8. The summed E-state index contributed by atoms with van der Waals surface area (Å²) in [5.74, 6) is 0. The van der Waals surface area contributed by atoms with E-state index in [4.69, 9.17) is 0 Å². The van der Waals surface area contributed by atoms with Gasteiger partial charge in [-0.05, 0) is 0 Å². The van der Waals surface area contributed by atoms with E-state index in [-0.39, 0.29) is 18.9 Å². The third kappa shape index (κ3) is 2.51. The smallest absolute Gasteiger partial charge is 0.118 e. The van der Waals surface area contributed by atoms with Gasteiger partial charge in [0.05, 0.1) is 8.07 Å². The van der Waals surface area contributed by atoms with Crippen molar-refractivity contribution in [3.05, 3.63) is 54.6 Å². The average Bonchev–Trinajstić information content (AvgIpc) is 2.34. The molecule has 0 atom stereocenters. The van der Waals surface area contributed by atoms with E-state index >= 15 is 0 Å². The molecule has 3 aromatic carbocycles. The first-order chi connectivity index (χ1) is 8.57. The molecule has 0 aliphatic heterocycles. The summed E-state index contributed by atoms with van der Waals surface area (Å²) in [5.41, 5.74) is 0. The maximum Gasteiger partial charge on any atom is 1.00 e. The predicted molar refractivity (Wildman–Crippen MR) is 83.3 cm³/mol. The van der Waals surface area contributed by atoms with Crippen molar-refractivity contribution in [1.82, 2.24) is 0 Å². The molecule has 0 saturated heterocycles. The molecule has 0 bridgehead atoms. The van der Waals surface area contributed by atoms with E-state index in [1.54, 1.807) is 5.19 Å². The van der Waals surface area contributed by atoms with Gasteiger partial charge in [-0.1, -0.05) is 66.8 Å². The van der Waals surface area contributed by atoms with Crippen LogP contribution in [-0.4, -0.2) is 8.07 Å². The van der Waals surface area contributed by atoms with Gasteiger partial charge >= 0.3 is 18.9 Å². The minimum atomic E-state index is -1.38. The Balaban J connectivity index is 0.00000133. The zero-order valence-electron chi connectivity index (χ0n) is 12.1. The van der Waals surface area contributed by atoms with Gasteiger partial charge in [-0.3, -0.25) is 0 Å². The van der Waals surface area contributed by atoms with E-state index in [0.717, 1.165) is 0 Å². The van der Waals surface area contributed by atoms with Crippen molar-refractivity contribution in [2.45, 2.75) is 19.6 Å². The molecule has 0 heterocycles. The van der Waals surface area contributed by atoms with Gasteiger partial charge in [-0.25, -0.2) is 0 Å². The zero-order valence-corrected chi connectivity index (χ0v) is 13.1. The van der Waals surface area contributed by atoms with E-state index in [9.17, 15) is 0 Å². The van der Waals surface area contributed by atoms with E-state index in [2.05, 4.69) is 74.2 Å². The van der Waals surface area contributed by atoms with Gasteiger partial charge in [-0.15, -0.1) is 34.2 Å². The maximum absolute atomic E-state index is 3.54. The topological polar surface area (TPSA) is 0 Å². The summed E-state index contributed by atoms with van der Waals surface area (Å²) in [6.07, 6.45) is 0. The molecule has 0 N–H and O–H groups in total. The van der Waals surface area contributed by atoms with Crippen LogP contribution >= 0.6 is 0 Å². The second kappa shape index (κ2) is 5.17. The Morgan fingerprint density at radius 3 is 1.58 bits per heavy atom. The Bertz CT molecular complexity index is 672. The number of rotatable bonds is 1. The summed E-state index contributed by atoms with van der Waals surface area (Å²) >= 11 is 0. The van der Waals surface area contributed by atoms with Crippen molar-refractivity contribution in [2.24, 2.45) is 0 Å². The summed E-state index contributed by atoms with van der Waals surface area (Å²) in [6.45, 7) is 7.25. The SMILES string of the molecule is C[Si](C)(C)c1c2ccccc2[c-]c2ccccc12.[Li+]. The normalized spacial score (nSPS) is 11.5. The van der Waals surface area contributed by atoms with Crippen LogP contribution in [0.4, 0.5) is 0 Å². The molecule has 3 aromatic rings. The molecule has 0 radical (unpaired) electrons. The molecule has 19 heavy (non-hydrogen) atoms. The van der Waals surface area contributed by atoms with Gasteiger partial charge in [0.2, 0.25) is 0 Å². The fraction of sp³-hybridized carbons (Fsp3) is 0.176. The average molecular weight is 256 g/mol. The van der Waals surface area contributed by atoms with E-state index in [0.29, 0.717) is 0 Å². The van der Waals surface area contributed by atoms with Crippen LogP contribution in [0.15, 0.2) is 48.5 Å². The summed E-state index contributed by atoms with van der Waals surface area (Å²) in [7, 11) is -1.38. The standard InChI is InChI=1S/C17H17Si.Li/c1-18(2,3)17-15-10-6-4-8-13(15)12-14-9-5-7-11-16(14)17;/h4-11H,1-3H3;/q-1;+1. The molecule has 0 aliphatic rings. The van der Waals surface area contributed by atoms with Gasteiger partial charge in [-0.2, -0.15) is 0 Å². The Morgan fingerprint density at radius 1 is 0.737 bits per heavy atom. The van der Waals surface area contributed by atoms with Crippen LogP contribution in [-0.2, 0) is 0 Å². The molecule has 0 spiro atoms. The molecular weight excluding hydrogens is 239 g/mol. The third-order valence-electron chi connectivity index (χ3n) is 3.41. The molecule has 0 aromatic heterocycles. The maximum atomic E-state index is 3.54. The number of fused-ring (bicyclic) bond motifs is 2. The molecule has 90 valence electrons. The van der Waals surface area contributed by atoms with Gasteiger partial charge < -0.3 is 0 Å². The number of hydrogen-bond donors (Lipinski definition) is 0. The fourth-order valence-electron chi connectivity index (χ4n) is 2.72. The van der Waals surface area contributed by atoms with Crippen LogP contribution in [0.1, 0.15) is 0 Å². The molecule has 0 fully saturated rings. The third-order valence-corrected chi connectivity index (χ3v) is 5.45. The molecule has 2 heteroatoms. The Hall–Kier alpha value is -1.01. The quantitative estimate of drug-likeness (QED) is 0.350. The number of hydrogen-bond acceptors (Lipinski definition) is 0. The largest absolute Gasteiger partial charge is 1.00 e. The molecular formula is C17H17LiSi. The predicted octanol–water partition coefficient (Wildman–Crippen LogP) is 1.34. The molecule has 0 unspecified atom stereocenters. The first-order valence-electron chi connectivity index (χ1n) is 6.40. The van der Waals surface area contributed by atoms with Crippen LogP contribution in [0.25, 0.3) is 21.5 Å². The van der Waals surface area contributed by atoms with Crippen molar-refractivity contribution < 1.29 is 18.9 Å². The van der Waals surface area contributed by atoms with Crippen LogP contribution < -0.4 is 24.0 Å². The summed E-state index contributed by atoms with van der Waals surface area (Å²) in [4.78, 5) is 0. The molecule has 0 nitrogen and oxygen atoms in total. The van der Waals surface area contributed by atoms with Gasteiger partial charge in [0.1, 0.15) is 0 Å². The minimum absolute atomic E-state index is 0. The van der Waals surface area contributed by atoms with E-state index in [1.165, 1.54) is 21.5 Å². The summed E-state index contributed by atoms with van der Waals surface area (Å²) < 4.78 is 0.